The van der Waals surface area contributed by atoms with E-state index in [1.54, 1.807) is 0 Å². The van der Waals surface area contributed by atoms with Crippen molar-refractivity contribution in [3.8, 4) is 11.1 Å². The number of nitrogens with one attached hydrogen (secondary N) is 2. The van der Waals surface area contributed by atoms with Gasteiger partial charge >= 0.3 is 0 Å². The zero-order chi connectivity index (χ0) is 18.4. The van der Waals surface area contributed by atoms with Gasteiger partial charge in [-0.05, 0) is 48.2 Å². The molecule has 0 radical (unpaired) electrons. The number of carbonyl (C=O) groups excluding carboxylic acids is 1. The maximum atomic E-state index is 12.2. The van der Waals surface area contributed by atoms with E-state index < -0.39 is 0 Å². The van der Waals surface area contributed by atoms with Crippen LogP contribution in [0.3, 0.4) is 0 Å². The first-order chi connectivity index (χ1) is 12.4. The Balaban J connectivity index is 0.00000140. The molecule has 3 aromatic rings. The number of fused-ring (bicyclic) bond motifs is 2. The quantitative estimate of drug-likeness (QED) is 0.682. The molecule has 1 atom stereocenters. The number of hydrogen-bond donors (Lipinski definition) is 2. The number of amides is 1. The number of aromatic nitrogens is 2. The number of rotatable bonds is 2. The normalized spacial score (nSPS) is 17.0. The van der Waals surface area contributed by atoms with Gasteiger partial charge in [0, 0.05) is 33.3 Å². The number of benzene rings is 2. The zero-order valence-corrected chi connectivity index (χ0v) is 15.6. The van der Waals surface area contributed by atoms with Gasteiger partial charge in [-0.1, -0.05) is 19.9 Å². The van der Waals surface area contributed by atoms with Gasteiger partial charge in [0.05, 0.1) is 23.1 Å². The molecule has 0 saturated carbocycles. The predicted octanol–water partition coefficient (Wildman–Crippen LogP) is 5.00. The SMILES string of the molecule is CC(C)c1cc2c(c(-c3ccc4c(cnn4C)c3)c1)N[C@H](C)CC(=O)N2.[HH].[HH]. The maximum absolute atomic E-state index is 12.2. The Labute approximate surface area is 156 Å². The van der Waals surface area contributed by atoms with Crippen molar-refractivity contribution in [1.29, 1.82) is 0 Å². The molecule has 5 heteroatoms. The first kappa shape index (κ1) is 16.6. The van der Waals surface area contributed by atoms with Crippen LogP contribution in [0.5, 0.6) is 0 Å². The summed E-state index contributed by atoms with van der Waals surface area (Å²) in [5, 5.41) is 12.1. The molecule has 138 valence electrons. The summed E-state index contributed by atoms with van der Waals surface area (Å²) < 4.78 is 1.88. The van der Waals surface area contributed by atoms with Crippen molar-refractivity contribution < 1.29 is 7.65 Å². The average molecular weight is 352 g/mol. The smallest absolute Gasteiger partial charge is 0.226 e. The average Bonchev–Trinajstić information content (AvgIpc) is 2.88. The Morgan fingerprint density at radius 2 is 2.08 bits per heavy atom. The van der Waals surface area contributed by atoms with Crippen molar-refractivity contribution >= 4 is 28.2 Å². The van der Waals surface area contributed by atoms with Gasteiger partial charge in [0.15, 0.2) is 0 Å². The first-order valence-electron chi connectivity index (χ1n) is 9.09. The lowest BCUT2D eigenvalue weighted by Crippen LogP contribution is -2.19. The molecule has 5 nitrogen and oxygen atoms in total. The number of anilines is 2. The van der Waals surface area contributed by atoms with E-state index in [1.165, 1.54) is 5.56 Å². The minimum absolute atomic E-state index is 0. The number of hydrogen-bond acceptors (Lipinski definition) is 3. The molecule has 1 aliphatic rings. The zero-order valence-electron chi connectivity index (χ0n) is 15.6. The van der Waals surface area contributed by atoms with Crippen LogP contribution in [0.25, 0.3) is 22.0 Å². The van der Waals surface area contributed by atoms with E-state index in [0.717, 1.165) is 33.4 Å². The van der Waals surface area contributed by atoms with Crippen LogP contribution < -0.4 is 10.6 Å². The molecule has 1 aliphatic heterocycles. The number of nitrogens with zero attached hydrogens (tertiary/aromatic N) is 2. The summed E-state index contributed by atoms with van der Waals surface area (Å²) in [5.41, 5.74) is 6.42. The van der Waals surface area contributed by atoms with E-state index >= 15 is 0 Å². The highest BCUT2D eigenvalue weighted by Gasteiger charge is 2.22. The summed E-state index contributed by atoms with van der Waals surface area (Å²) in [6.45, 7) is 6.38. The summed E-state index contributed by atoms with van der Waals surface area (Å²) in [5.74, 6) is 0.428. The van der Waals surface area contributed by atoms with Crippen LogP contribution in [0, 0.1) is 0 Å². The molecule has 1 amide bonds. The molecule has 0 fully saturated rings. The molecule has 0 bridgehead atoms. The van der Waals surface area contributed by atoms with E-state index in [9.17, 15) is 4.79 Å². The van der Waals surface area contributed by atoms with E-state index in [1.807, 2.05) is 24.9 Å². The molecule has 26 heavy (non-hydrogen) atoms. The Bertz CT molecular complexity index is 1010. The lowest BCUT2D eigenvalue weighted by atomic mass is 9.94. The van der Waals surface area contributed by atoms with E-state index in [0.29, 0.717) is 12.3 Å². The summed E-state index contributed by atoms with van der Waals surface area (Å²) in [4.78, 5) is 12.2. The fourth-order valence-electron chi connectivity index (χ4n) is 3.59. The van der Waals surface area contributed by atoms with E-state index in [2.05, 4.69) is 59.9 Å². The van der Waals surface area contributed by atoms with Gasteiger partial charge in [0.25, 0.3) is 0 Å². The molecule has 2 N–H and O–H groups in total. The van der Waals surface area contributed by atoms with Gasteiger partial charge in [0.1, 0.15) is 0 Å². The summed E-state index contributed by atoms with van der Waals surface area (Å²) in [6.07, 6.45) is 2.36. The van der Waals surface area contributed by atoms with Crippen molar-refractivity contribution in [3.63, 3.8) is 0 Å². The van der Waals surface area contributed by atoms with Crippen molar-refractivity contribution in [1.82, 2.24) is 9.78 Å². The highest BCUT2D eigenvalue weighted by atomic mass is 16.1. The summed E-state index contributed by atoms with van der Waals surface area (Å²) in [6, 6.07) is 10.8. The molecular formula is C21H28N4O. The minimum Gasteiger partial charge on any atom is -0.380 e. The Morgan fingerprint density at radius 3 is 2.85 bits per heavy atom. The fraction of sp³-hybridized carbons (Fsp3) is 0.333. The van der Waals surface area contributed by atoms with Crippen molar-refractivity contribution in [3.05, 3.63) is 42.1 Å². The highest BCUT2D eigenvalue weighted by molar-refractivity contribution is 6.01. The lowest BCUT2D eigenvalue weighted by Gasteiger charge is -2.20. The standard InChI is InChI=1S/C21H24N4O.2H2/c1-12(2)15-9-17(14-5-6-19-16(8-14)11-22-25(19)4)21-18(10-15)24-20(26)7-13(3)23-21;;/h5-6,8-13,23H,7H2,1-4H3,(H,24,26);2*1H/t13-;;/m1../s1. The second kappa shape index (κ2) is 6.16. The van der Waals surface area contributed by atoms with Crippen LogP contribution in [-0.2, 0) is 11.8 Å². The number of carbonyl (C=O) groups is 1. The third-order valence-electron chi connectivity index (χ3n) is 5.04. The number of aryl methyl sites for hydroxylation is 1. The molecule has 0 aliphatic carbocycles. The van der Waals surface area contributed by atoms with E-state index in [4.69, 9.17) is 0 Å². The van der Waals surface area contributed by atoms with E-state index in [-0.39, 0.29) is 14.8 Å². The maximum Gasteiger partial charge on any atom is 0.226 e. The summed E-state index contributed by atoms with van der Waals surface area (Å²) in [7, 11) is 1.95. The van der Waals surface area contributed by atoms with Gasteiger partial charge < -0.3 is 10.6 Å². The third kappa shape index (κ3) is 2.83. The molecule has 0 spiro atoms. The van der Waals surface area contributed by atoms with Gasteiger partial charge in [-0.15, -0.1) is 0 Å². The van der Waals surface area contributed by atoms with Crippen LogP contribution in [0.4, 0.5) is 11.4 Å². The van der Waals surface area contributed by atoms with Crippen molar-refractivity contribution in [2.75, 3.05) is 10.6 Å². The van der Waals surface area contributed by atoms with Crippen LogP contribution in [0.1, 0.15) is 41.5 Å². The molecule has 0 unspecified atom stereocenters. The Kier molecular flexibility index (Phi) is 3.94. The van der Waals surface area contributed by atoms with Crippen LogP contribution in [0.15, 0.2) is 36.5 Å². The molecule has 2 heterocycles. The van der Waals surface area contributed by atoms with Crippen LogP contribution in [-0.4, -0.2) is 21.7 Å². The highest BCUT2D eigenvalue weighted by Crippen LogP contribution is 2.40. The molecule has 1 aromatic heterocycles. The molecule has 4 rings (SSSR count). The van der Waals surface area contributed by atoms with Crippen LogP contribution in [0.2, 0.25) is 0 Å². The van der Waals surface area contributed by atoms with Gasteiger partial charge in [-0.2, -0.15) is 5.10 Å². The van der Waals surface area contributed by atoms with Gasteiger partial charge in [-0.3, -0.25) is 9.48 Å². The second-order valence-corrected chi connectivity index (χ2v) is 7.49. The third-order valence-corrected chi connectivity index (χ3v) is 5.04. The lowest BCUT2D eigenvalue weighted by molar-refractivity contribution is -0.116. The molecule has 0 saturated heterocycles. The second-order valence-electron chi connectivity index (χ2n) is 7.49. The van der Waals surface area contributed by atoms with Crippen LogP contribution >= 0.6 is 0 Å². The first-order valence-corrected chi connectivity index (χ1v) is 9.09. The van der Waals surface area contributed by atoms with Crippen molar-refractivity contribution in [2.45, 2.75) is 39.2 Å². The van der Waals surface area contributed by atoms with Gasteiger partial charge in [0.2, 0.25) is 5.91 Å². The van der Waals surface area contributed by atoms with Gasteiger partial charge in [-0.25, -0.2) is 0 Å². The largest absolute Gasteiger partial charge is 0.380 e. The topological polar surface area (TPSA) is 59.0 Å². The Hall–Kier alpha value is -2.82. The minimum atomic E-state index is 0. The Morgan fingerprint density at radius 1 is 1.27 bits per heavy atom. The molecule has 2 aromatic carbocycles. The molecular weight excluding hydrogens is 324 g/mol. The summed E-state index contributed by atoms with van der Waals surface area (Å²) >= 11 is 0. The predicted molar refractivity (Wildman–Crippen MR) is 111 cm³/mol. The fourth-order valence-corrected chi connectivity index (χ4v) is 3.59. The van der Waals surface area contributed by atoms with Crippen molar-refractivity contribution in [2.24, 2.45) is 7.05 Å². The monoisotopic (exact) mass is 352 g/mol.